The second-order valence-electron chi connectivity index (χ2n) is 10.0. The first-order valence-corrected chi connectivity index (χ1v) is 12.4. The van der Waals surface area contributed by atoms with E-state index in [0.717, 1.165) is 61.9 Å². The van der Waals surface area contributed by atoms with Crippen molar-refractivity contribution in [2.45, 2.75) is 39.3 Å². The second kappa shape index (κ2) is 9.16. The third-order valence-electron chi connectivity index (χ3n) is 7.49. The first-order chi connectivity index (χ1) is 16.4. The first kappa shape index (κ1) is 22.5. The zero-order valence-corrected chi connectivity index (χ0v) is 20.5. The molecule has 3 heterocycles. The van der Waals surface area contributed by atoms with Crippen molar-refractivity contribution in [3.8, 4) is 0 Å². The fourth-order valence-corrected chi connectivity index (χ4v) is 5.29. The summed E-state index contributed by atoms with van der Waals surface area (Å²) in [5, 5.41) is 1.10. The number of likely N-dealkylation sites (N-methyl/N-ethyl adjacent to an activating group) is 1. The number of aromatic nitrogens is 1. The Kier molecular flexibility index (Phi) is 6.07. The van der Waals surface area contributed by atoms with E-state index in [1.54, 1.807) is 19.0 Å². The molecule has 2 amide bonds. The predicted octanol–water partition coefficient (Wildman–Crippen LogP) is 4.16. The van der Waals surface area contributed by atoms with Crippen molar-refractivity contribution in [3.63, 3.8) is 0 Å². The molecule has 0 unspecified atom stereocenters. The zero-order chi connectivity index (χ0) is 23.8. The number of likely N-dealkylation sites (tertiary alicyclic amines) is 1. The number of piperidine rings is 1. The Morgan fingerprint density at radius 1 is 1.00 bits per heavy atom. The molecule has 178 valence electrons. The summed E-state index contributed by atoms with van der Waals surface area (Å²) in [4.78, 5) is 32.0. The van der Waals surface area contributed by atoms with Crippen LogP contribution in [0, 0.1) is 5.92 Å². The van der Waals surface area contributed by atoms with Crippen LogP contribution in [0.1, 0.15) is 41.4 Å². The maximum absolute atomic E-state index is 13.3. The molecule has 0 atom stereocenters. The molecule has 1 fully saturated rings. The van der Waals surface area contributed by atoms with Crippen molar-refractivity contribution in [3.05, 3.63) is 65.4 Å². The quantitative estimate of drug-likeness (QED) is 0.590. The summed E-state index contributed by atoms with van der Waals surface area (Å²) in [6.07, 6.45) is 3.00. The Labute approximate surface area is 201 Å². The number of anilines is 1. The zero-order valence-electron chi connectivity index (χ0n) is 20.5. The molecular formula is C28H34N4O2. The van der Waals surface area contributed by atoms with Crippen molar-refractivity contribution >= 4 is 28.4 Å². The minimum atomic E-state index is 0.0766. The summed E-state index contributed by atoms with van der Waals surface area (Å²) in [7, 11) is 3.60. The number of benzene rings is 2. The lowest BCUT2D eigenvalue weighted by Crippen LogP contribution is -2.37. The fraction of sp³-hybridized carbons (Fsp3) is 0.429. The number of hydrogen-bond donors (Lipinski definition) is 0. The van der Waals surface area contributed by atoms with Crippen molar-refractivity contribution in [1.82, 2.24) is 14.4 Å². The van der Waals surface area contributed by atoms with Gasteiger partial charge in [-0.05, 0) is 49.1 Å². The summed E-state index contributed by atoms with van der Waals surface area (Å²) in [5.41, 5.74) is 5.44. The van der Waals surface area contributed by atoms with Crippen molar-refractivity contribution < 1.29 is 9.59 Å². The third-order valence-corrected chi connectivity index (χ3v) is 7.49. The Bertz CT molecular complexity index is 1210. The summed E-state index contributed by atoms with van der Waals surface area (Å²) in [5.74, 6) is 0.883. The third kappa shape index (κ3) is 4.17. The van der Waals surface area contributed by atoms with Crippen molar-refractivity contribution in [1.29, 1.82) is 0 Å². The fourth-order valence-electron chi connectivity index (χ4n) is 5.29. The van der Waals surface area contributed by atoms with Crippen LogP contribution < -0.4 is 4.90 Å². The van der Waals surface area contributed by atoms with E-state index in [0.29, 0.717) is 12.5 Å². The lowest BCUT2D eigenvalue weighted by atomic mass is 9.98. The molecule has 0 spiro atoms. The Morgan fingerprint density at radius 2 is 1.74 bits per heavy atom. The standard InChI is InChI=1S/C28H34N4O2/c1-20-11-14-30(15-12-20)28(34)21-9-10-25-23(17-21)24-18-31(22-7-5-4-6-8-22)16-13-26(24)32(25)19-27(33)29(2)3/h4-10,17,20H,11-16,18-19H2,1-3H3. The Morgan fingerprint density at radius 3 is 2.44 bits per heavy atom. The smallest absolute Gasteiger partial charge is 0.253 e. The number of fused-ring (bicyclic) bond motifs is 3. The van der Waals surface area contributed by atoms with Gasteiger partial charge in [-0.3, -0.25) is 9.59 Å². The van der Waals surface area contributed by atoms with Crippen LogP contribution in [0.15, 0.2) is 48.5 Å². The Hall–Kier alpha value is -3.28. The van der Waals surface area contributed by atoms with Crippen LogP contribution in [-0.2, 0) is 24.3 Å². The average Bonchev–Trinajstić information content (AvgIpc) is 3.16. The number of carbonyl (C=O) groups excluding carboxylic acids is 2. The molecule has 34 heavy (non-hydrogen) atoms. The molecule has 6 heteroatoms. The van der Waals surface area contributed by atoms with Gasteiger partial charge in [0, 0.05) is 80.1 Å². The maximum Gasteiger partial charge on any atom is 0.253 e. The number of carbonyl (C=O) groups is 2. The second-order valence-corrected chi connectivity index (χ2v) is 10.0. The average molecular weight is 459 g/mol. The van der Waals surface area contributed by atoms with Crippen LogP contribution >= 0.6 is 0 Å². The van der Waals surface area contributed by atoms with Gasteiger partial charge in [-0.25, -0.2) is 0 Å². The number of rotatable bonds is 4. The van der Waals surface area contributed by atoms with E-state index in [1.165, 1.54) is 16.9 Å². The minimum absolute atomic E-state index is 0.0766. The summed E-state index contributed by atoms with van der Waals surface area (Å²) >= 11 is 0. The molecule has 6 nitrogen and oxygen atoms in total. The molecule has 3 aromatic rings. The molecule has 0 N–H and O–H groups in total. The van der Waals surface area contributed by atoms with E-state index in [-0.39, 0.29) is 11.8 Å². The van der Waals surface area contributed by atoms with Crippen LogP contribution in [0.3, 0.4) is 0 Å². The maximum atomic E-state index is 13.3. The molecule has 0 radical (unpaired) electrons. The van der Waals surface area contributed by atoms with Gasteiger partial charge in [-0.15, -0.1) is 0 Å². The molecular weight excluding hydrogens is 424 g/mol. The monoisotopic (exact) mass is 458 g/mol. The van der Waals surface area contributed by atoms with Crippen LogP contribution in [0.5, 0.6) is 0 Å². The minimum Gasteiger partial charge on any atom is -0.367 e. The predicted molar refractivity (Wildman–Crippen MR) is 136 cm³/mol. The highest BCUT2D eigenvalue weighted by Gasteiger charge is 2.27. The summed E-state index contributed by atoms with van der Waals surface area (Å²) in [6.45, 7) is 5.92. The van der Waals surface area contributed by atoms with Gasteiger partial charge >= 0.3 is 0 Å². The van der Waals surface area contributed by atoms with Crippen LogP contribution in [0.4, 0.5) is 5.69 Å². The number of amides is 2. The van der Waals surface area contributed by atoms with E-state index in [4.69, 9.17) is 0 Å². The highest BCUT2D eigenvalue weighted by Crippen LogP contribution is 2.34. The van der Waals surface area contributed by atoms with E-state index in [2.05, 4.69) is 46.7 Å². The van der Waals surface area contributed by atoms with E-state index >= 15 is 0 Å². The molecule has 0 saturated carbocycles. The van der Waals surface area contributed by atoms with Crippen molar-refractivity contribution in [2.24, 2.45) is 5.92 Å². The topological polar surface area (TPSA) is 48.8 Å². The summed E-state index contributed by atoms with van der Waals surface area (Å²) in [6, 6.07) is 16.5. The van der Waals surface area contributed by atoms with E-state index < -0.39 is 0 Å². The number of para-hydroxylation sites is 1. The van der Waals surface area contributed by atoms with Gasteiger partial charge in [0.15, 0.2) is 0 Å². The van der Waals surface area contributed by atoms with Gasteiger partial charge in [-0.2, -0.15) is 0 Å². The highest BCUT2D eigenvalue weighted by molar-refractivity contribution is 6.00. The number of hydrogen-bond acceptors (Lipinski definition) is 3. The van der Waals surface area contributed by atoms with Gasteiger partial charge in [-0.1, -0.05) is 25.1 Å². The van der Waals surface area contributed by atoms with Crippen molar-refractivity contribution in [2.75, 3.05) is 38.6 Å². The largest absolute Gasteiger partial charge is 0.367 e. The summed E-state index contributed by atoms with van der Waals surface area (Å²) < 4.78 is 2.17. The molecule has 2 aromatic carbocycles. The first-order valence-electron chi connectivity index (χ1n) is 12.4. The normalized spacial score (nSPS) is 16.6. The SMILES string of the molecule is CC1CCN(C(=O)c2ccc3c(c2)c2c(n3CC(=O)N(C)C)CCN(c3ccccc3)C2)CC1. The van der Waals surface area contributed by atoms with E-state index in [1.807, 2.05) is 23.1 Å². The van der Waals surface area contributed by atoms with Crippen LogP contribution in [0.25, 0.3) is 10.9 Å². The van der Waals surface area contributed by atoms with Gasteiger partial charge in [0.25, 0.3) is 5.91 Å². The number of nitrogens with zero attached hydrogens (tertiary/aromatic N) is 4. The van der Waals surface area contributed by atoms with E-state index in [9.17, 15) is 9.59 Å². The van der Waals surface area contributed by atoms with Gasteiger partial charge in [0.2, 0.25) is 5.91 Å². The molecule has 5 rings (SSSR count). The van der Waals surface area contributed by atoms with Gasteiger partial charge in [0.1, 0.15) is 6.54 Å². The molecule has 1 saturated heterocycles. The van der Waals surface area contributed by atoms with Gasteiger partial charge < -0.3 is 19.3 Å². The Balaban J connectivity index is 1.55. The lowest BCUT2D eigenvalue weighted by Gasteiger charge is -2.30. The molecule has 0 bridgehead atoms. The van der Waals surface area contributed by atoms with Crippen LogP contribution in [0.2, 0.25) is 0 Å². The molecule has 0 aliphatic carbocycles. The highest BCUT2D eigenvalue weighted by atomic mass is 16.2. The molecule has 2 aliphatic rings. The molecule has 2 aliphatic heterocycles. The lowest BCUT2D eigenvalue weighted by molar-refractivity contribution is -0.129. The molecule has 1 aromatic heterocycles. The van der Waals surface area contributed by atoms with Crippen LogP contribution in [-0.4, -0.2) is 59.9 Å². The van der Waals surface area contributed by atoms with Gasteiger partial charge in [0.05, 0.1) is 0 Å².